The molecule has 10 heteroatoms. The summed E-state index contributed by atoms with van der Waals surface area (Å²) in [6.07, 6.45) is 1.18. The van der Waals surface area contributed by atoms with Gasteiger partial charge in [0.25, 0.3) is 0 Å². The molecular weight excluding hydrogens is 547 g/mol. The summed E-state index contributed by atoms with van der Waals surface area (Å²) in [5, 5.41) is 12.4. The van der Waals surface area contributed by atoms with Crippen LogP contribution in [0.4, 0.5) is 5.69 Å². The van der Waals surface area contributed by atoms with Crippen molar-refractivity contribution >= 4 is 43.4 Å². The van der Waals surface area contributed by atoms with E-state index in [9.17, 15) is 18.5 Å². The van der Waals surface area contributed by atoms with Crippen LogP contribution < -0.4 is 4.46 Å². The molecule has 0 radical (unpaired) electrons. The van der Waals surface area contributed by atoms with Crippen molar-refractivity contribution in [1.29, 1.82) is 0 Å². The van der Waals surface area contributed by atoms with Gasteiger partial charge in [0.15, 0.2) is 0 Å². The van der Waals surface area contributed by atoms with Crippen LogP contribution in [0.1, 0.15) is 40.5 Å². The van der Waals surface area contributed by atoms with Crippen LogP contribution in [0.5, 0.6) is 0 Å². The van der Waals surface area contributed by atoms with E-state index < -0.39 is 29.3 Å². The molecule has 0 bridgehead atoms. The Kier molecular flexibility index (Phi) is 8.67. The first-order valence-corrected chi connectivity index (χ1v) is 18.3. The van der Waals surface area contributed by atoms with Crippen LogP contribution >= 0.6 is 0 Å². The maximum absolute atomic E-state index is 14.0. The zero-order valence-electron chi connectivity index (χ0n) is 21.3. The van der Waals surface area contributed by atoms with Crippen LogP contribution in [0.2, 0.25) is 23.5 Å². The molecule has 0 spiro atoms. The molecule has 1 heterocycles. The molecule has 0 aliphatic carbocycles. The van der Waals surface area contributed by atoms with E-state index in [0.717, 1.165) is 6.42 Å². The molecule has 1 aliphatic rings. The second-order valence-corrected chi connectivity index (χ2v) is 19.4. The molecule has 1 fully saturated rings. The molecule has 1 aliphatic heterocycles. The number of nitrogens with zero attached hydrogens (tertiary/aromatic N) is 2. The van der Waals surface area contributed by atoms with Crippen LogP contribution in [0.15, 0.2) is 59.5 Å². The Balaban J connectivity index is 1.99. The minimum absolute atomic E-state index is 0.0120. The number of sulfonamides is 1. The van der Waals surface area contributed by atoms with Crippen LogP contribution in [0.25, 0.3) is 0 Å². The molecule has 192 valence electrons. The van der Waals surface area contributed by atoms with E-state index >= 15 is 0 Å². The Hall–Kier alpha value is -1.55. The molecule has 35 heavy (non-hydrogen) atoms. The second-order valence-electron chi connectivity index (χ2n) is 10.6. The number of rotatable bonds is 8. The standard InChI is InChI=1S/C25H36N2O5SSeSi/c1-19-23(32-35(5,6)25(2,3)4)17-16-20(18-34-21-12-8-7-9-13-21)26(19)33(30,31)24-15-11-10-14-22(24)27(28)29/h7-15,19-20,23H,16-18H2,1-6H3/t19-,20+,23-/m1/s1. The Labute approximate surface area is 216 Å². The summed E-state index contributed by atoms with van der Waals surface area (Å²) in [5.41, 5.74) is -0.389. The fourth-order valence-electron chi connectivity index (χ4n) is 4.15. The van der Waals surface area contributed by atoms with E-state index in [-0.39, 0.29) is 42.7 Å². The van der Waals surface area contributed by atoms with Crippen LogP contribution in [0, 0.1) is 10.1 Å². The van der Waals surface area contributed by atoms with Gasteiger partial charge in [-0.25, -0.2) is 0 Å². The quantitative estimate of drug-likeness (QED) is 0.249. The summed E-state index contributed by atoms with van der Waals surface area (Å²) >= 11 is 0.0785. The van der Waals surface area contributed by atoms with Gasteiger partial charge in [0.2, 0.25) is 0 Å². The van der Waals surface area contributed by atoms with E-state index in [1.807, 2.05) is 25.1 Å². The normalized spacial score (nSPS) is 22.2. The van der Waals surface area contributed by atoms with Gasteiger partial charge in [-0.2, -0.15) is 0 Å². The average molecular weight is 584 g/mol. The molecule has 0 unspecified atom stereocenters. The zero-order valence-corrected chi connectivity index (χ0v) is 24.8. The molecule has 3 atom stereocenters. The first-order chi connectivity index (χ1) is 16.3. The number of hydrogen-bond donors (Lipinski definition) is 0. The molecule has 3 rings (SSSR count). The first kappa shape index (κ1) is 28.0. The van der Waals surface area contributed by atoms with Crippen molar-refractivity contribution in [3.05, 3.63) is 64.7 Å². The number of hydrogen-bond acceptors (Lipinski definition) is 5. The van der Waals surface area contributed by atoms with Crippen molar-refractivity contribution in [2.45, 2.75) is 87.1 Å². The molecule has 7 nitrogen and oxygen atoms in total. The maximum atomic E-state index is 14.0. The molecule has 0 N–H and O–H groups in total. The fraction of sp³-hybridized carbons (Fsp3) is 0.520. The van der Waals surface area contributed by atoms with Gasteiger partial charge in [0, 0.05) is 0 Å². The van der Waals surface area contributed by atoms with Gasteiger partial charge in [-0.15, -0.1) is 0 Å². The van der Waals surface area contributed by atoms with Crippen LogP contribution in [-0.2, 0) is 14.4 Å². The molecule has 0 amide bonds. The van der Waals surface area contributed by atoms with Crippen LogP contribution in [0.3, 0.4) is 0 Å². The fourth-order valence-corrected chi connectivity index (χ4v) is 10.1. The monoisotopic (exact) mass is 584 g/mol. The van der Waals surface area contributed by atoms with Gasteiger partial charge in [-0.1, -0.05) is 0 Å². The Morgan fingerprint density at radius 1 is 1.09 bits per heavy atom. The Morgan fingerprint density at radius 3 is 2.29 bits per heavy atom. The summed E-state index contributed by atoms with van der Waals surface area (Å²) in [4.78, 5) is 10.8. The van der Waals surface area contributed by atoms with Gasteiger partial charge in [-0.3, -0.25) is 0 Å². The van der Waals surface area contributed by atoms with Crippen molar-refractivity contribution in [3.63, 3.8) is 0 Å². The topological polar surface area (TPSA) is 89.8 Å². The van der Waals surface area contributed by atoms with Crippen molar-refractivity contribution in [2.24, 2.45) is 0 Å². The first-order valence-electron chi connectivity index (χ1n) is 11.9. The number of piperidine rings is 1. The third-order valence-corrected chi connectivity index (χ3v) is 16.2. The summed E-state index contributed by atoms with van der Waals surface area (Å²) < 4.78 is 37.5. The molecular formula is C25H36N2O5SSeSi. The van der Waals surface area contributed by atoms with Gasteiger partial charge >= 0.3 is 217 Å². The molecule has 2 aromatic rings. The third-order valence-electron chi connectivity index (χ3n) is 7.14. The van der Waals surface area contributed by atoms with Crippen molar-refractivity contribution < 1.29 is 17.8 Å². The minimum atomic E-state index is -4.13. The number of benzene rings is 2. The predicted octanol–water partition coefficient (Wildman–Crippen LogP) is 4.97. The summed E-state index contributed by atoms with van der Waals surface area (Å²) in [6, 6.07) is 15.1. The SMILES string of the molecule is C[C@@H]1[C@H](O[Si](C)(C)C(C)(C)C)CC[C@@H](C[Se]c2ccccc2)N1S(=O)(=O)c1ccccc1[N+](=O)[O-]. The van der Waals surface area contributed by atoms with Gasteiger partial charge < -0.3 is 0 Å². The van der Waals surface area contributed by atoms with Crippen molar-refractivity contribution in [2.75, 3.05) is 0 Å². The predicted molar refractivity (Wildman–Crippen MR) is 143 cm³/mol. The van der Waals surface area contributed by atoms with Gasteiger partial charge in [0.05, 0.1) is 0 Å². The van der Waals surface area contributed by atoms with E-state index in [2.05, 4.69) is 46.0 Å². The molecule has 2 aromatic carbocycles. The van der Waals surface area contributed by atoms with Crippen LogP contribution in [-0.4, -0.2) is 59.1 Å². The molecule has 1 saturated heterocycles. The molecule has 0 saturated carbocycles. The van der Waals surface area contributed by atoms with Crippen molar-refractivity contribution in [3.8, 4) is 0 Å². The molecule has 0 aromatic heterocycles. The Morgan fingerprint density at radius 2 is 1.69 bits per heavy atom. The van der Waals surface area contributed by atoms with Crippen molar-refractivity contribution in [1.82, 2.24) is 4.31 Å². The van der Waals surface area contributed by atoms with E-state index in [0.29, 0.717) is 11.7 Å². The van der Waals surface area contributed by atoms with E-state index in [1.54, 1.807) is 6.07 Å². The van der Waals surface area contributed by atoms with Gasteiger partial charge in [0.1, 0.15) is 0 Å². The average Bonchev–Trinajstić information content (AvgIpc) is 2.79. The Bertz CT molecular complexity index is 1140. The van der Waals surface area contributed by atoms with Gasteiger partial charge in [-0.05, 0) is 0 Å². The summed E-state index contributed by atoms with van der Waals surface area (Å²) in [6.45, 7) is 12.7. The summed E-state index contributed by atoms with van der Waals surface area (Å²) in [5.74, 6) is 0. The van der Waals surface area contributed by atoms with E-state index in [4.69, 9.17) is 4.43 Å². The zero-order chi connectivity index (χ0) is 26.0. The summed E-state index contributed by atoms with van der Waals surface area (Å²) in [7, 11) is -6.28. The third kappa shape index (κ3) is 6.24. The van der Waals surface area contributed by atoms with E-state index in [1.165, 1.54) is 27.0 Å². The second kappa shape index (κ2) is 10.8. The number of nitro benzene ring substituents is 1. The number of para-hydroxylation sites is 1. The number of nitro groups is 1.